The molecule has 3 atom stereocenters. The van der Waals surface area contributed by atoms with Crippen LogP contribution < -0.4 is 11.1 Å². The van der Waals surface area contributed by atoms with Gasteiger partial charge in [-0.15, -0.1) is 11.3 Å². The fourth-order valence-corrected chi connectivity index (χ4v) is 3.46. The van der Waals surface area contributed by atoms with Crippen LogP contribution >= 0.6 is 11.3 Å². The molecule has 1 fully saturated rings. The molecule has 22 heavy (non-hydrogen) atoms. The van der Waals surface area contributed by atoms with Crippen LogP contribution in [0.4, 0.5) is 0 Å². The molecule has 4 nitrogen and oxygen atoms in total. The molecule has 0 saturated heterocycles. The second kappa shape index (κ2) is 5.91. The van der Waals surface area contributed by atoms with Crippen molar-refractivity contribution < 1.29 is 4.79 Å². The molecule has 1 aromatic heterocycles. The van der Waals surface area contributed by atoms with Crippen molar-refractivity contribution in [1.29, 1.82) is 5.26 Å². The van der Waals surface area contributed by atoms with E-state index in [9.17, 15) is 10.1 Å². The highest BCUT2D eigenvalue weighted by Gasteiger charge is 2.57. The van der Waals surface area contributed by atoms with Crippen molar-refractivity contribution in [3.8, 4) is 6.07 Å². The fourth-order valence-electron chi connectivity index (χ4n) is 2.69. The Morgan fingerprint density at radius 1 is 1.41 bits per heavy atom. The van der Waals surface area contributed by atoms with Crippen molar-refractivity contribution in [1.82, 2.24) is 5.32 Å². The molecule has 3 N–H and O–H groups in total. The molecule has 5 heteroatoms. The zero-order valence-electron chi connectivity index (χ0n) is 12.0. The number of benzene rings is 1. The van der Waals surface area contributed by atoms with Crippen LogP contribution in [0, 0.1) is 11.3 Å². The van der Waals surface area contributed by atoms with Gasteiger partial charge in [-0.05, 0) is 23.4 Å². The first-order valence-corrected chi connectivity index (χ1v) is 8.09. The van der Waals surface area contributed by atoms with Gasteiger partial charge < -0.3 is 11.1 Å². The summed E-state index contributed by atoms with van der Waals surface area (Å²) in [6, 6.07) is 15.3. The molecule has 1 aliphatic carbocycles. The predicted molar refractivity (Wildman–Crippen MR) is 86.3 cm³/mol. The van der Waals surface area contributed by atoms with E-state index in [-0.39, 0.29) is 11.8 Å². The van der Waals surface area contributed by atoms with Gasteiger partial charge in [-0.2, -0.15) is 5.26 Å². The molecule has 3 rings (SSSR count). The maximum absolute atomic E-state index is 12.3. The van der Waals surface area contributed by atoms with Gasteiger partial charge in [-0.1, -0.05) is 36.4 Å². The highest BCUT2D eigenvalue weighted by Crippen LogP contribution is 2.50. The summed E-state index contributed by atoms with van der Waals surface area (Å²) < 4.78 is 0. The second-order valence-corrected chi connectivity index (χ2v) is 6.66. The zero-order valence-corrected chi connectivity index (χ0v) is 12.8. The maximum Gasteiger partial charge on any atom is 0.238 e. The van der Waals surface area contributed by atoms with Crippen LogP contribution in [0.3, 0.4) is 0 Å². The monoisotopic (exact) mass is 311 g/mol. The van der Waals surface area contributed by atoms with Crippen molar-refractivity contribution in [2.24, 2.45) is 5.73 Å². The minimum atomic E-state index is -0.800. The number of hydrogen-bond donors (Lipinski definition) is 2. The van der Waals surface area contributed by atoms with Gasteiger partial charge in [0.25, 0.3) is 0 Å². The summed E-state index contributed by atoms with van der Waals surface area (Å²) in [7, 11) is 0. The molecule has 1 heterocycles. The molecule has 1 aromatic carbocycles. The largest absolute Gasteiger partial charge is 0.336 e. The van der Waals surface area contributed by atoms with Crippen molar-refractivity contribution >= 4 is 17.2 Å². The lowest BCUT2D eigenvalue weighted by Gasteiger charge is -2.16. The number of hydrogen-bond acceptors (Lipinski definition) is 4. The Morgan fingerprint density at radius 3 is 2.82 bits per heavy atom. The molecule has 2 aromatic rings. The van der Waals surface area contributed by atoms with E-state index in [1.54, 1.807) is 11.3 Å². The van der Waals surface area contributed by atoms with Crippen LogP contribution in [0.1, 0.15) is 22.8 Å². The van der Waals surface area contributed by atoms with Gasteiger partial charge in [0, 0.05) is 17.2 Å². The lowest BCUT2D eigenvalue weighted by molar-refractivity contribution is -0.122. The van der Waals surface area contributed by atoms with Crippen LogP contribution in [-0.2, 0) is 11.2 Å². The van der Waals surface area contributed by atoms with Crippen LogP contribution in [0.15, 0.2) is 47.8 Å². The van der Waals surface area contributed by atoms with E-state index in [2.05, 4.69) is 11.4 Å². The molecular formula is C17H17N3OS. The average molecular weight is 311 g/mol. The molecular weight excluding hydrogens is 294 g/mol. The molecule has 0 aliphatic heterocycles. The Kier molecular flexibility index (Phi) is 3.97. The summed E-state index contributed by atoms with van der Waals surface area (Å²) in [5.41, 5.74) is 6.25. The lowest BCUT2D eigenvalue weighted by atomic mass is 10.1. The van der Waals surface area contributed by atoms with E-state index in [0.29, 0.717) is 12.8 Å². The average Bonchev–Trinajstić information content (AvgIpc) is 3.02. The van der Waals surface area contributed by atoms with Crippen LogP contribution in [0.25, 0.3) is 0 Å². The van der Waals surface area contributed by atoms with Gasteiger partial charge >= 0.3 is 0 Å². The maximum atomic E-state index is 12.3. The van der Waals surface area contributed by atoms with E-state index in [1.807, 2.05) is 47.8 Å². The predicted octanol–water partition coefficient (Wildman–Crippen LogP) is 2.18. The number of thiophene rings is 1. The first kappa shape index (κ1) is 14.8. The number of amides is 1. The quantitative estimate of drug-likeness (QED) is 0.888. The van der Waals surface area contributed by atoms with E-state index < -0.39 is 11.6 Å². The van der Waals surface area contributed by atoms with Crippen LogP contribution in [0.5, 0.6) is 0 Å². The van der Waals surface area contributed by atoms with Gasteiger partial charge in [0.2, 0.25) is 5.91 Å². The van der Waals surface area contributed by atoms with Gasteiger partial charge in [0.1, 0.15) is 5.54 Å². The minimum Gasteiger partial charge on any atom is -0.336 e. The Hall–Kier alpha value is -2.16. The lowest BCUT2D eigenvalue weighted by Crippen LogP contribution is -2.47. The summed E-state index contributed by atoms with van der Waals surface area (Å²) in [5, 5.41) is 14.3. The summed E-state index contributed by atoms with van der Waals surface area (Å²) in [4.78, 5) is 13.4. The normalized spacial score (nSPS) is 24.3. The van der Waals surface area contributed by atoms with Gasteiger partial charge in [0.05, 0.1) is 12.1 Å². The highest BCUT2D eigenvalue weighted by molar-refractivity contribution is 7.09. The van der Waals surface area contributed by atoms with E-state index >= 15 is 0 Å². The van der Waals surface area contributed by atoms with Crippen molar-refractivity contribution in [3.63, 3.8) is 0 Å². The molecule has 0 bridgehead atoms. The van der Waals surface area contributed by atoms with Crippen LogP contribution in [-0.4, -0.2) is 17.5 Å². The van der Waals surface area contributed by atoms with Gasteiger partial charge in [-0.25, -0.2) is 0 Å². The number of rotatable bonds is 5. The molecule has 0 spiro atoms. The molecule has 0 unspecified atom stereocenters. The molecule has 1 saturated carbocycles. The Bertz CT molecular complexity index is 692. The summed E-state index contributed by atoms with van der Waals surface area (Å²) >= 11 is 1.58. The smallest absolute Gasteiger partial charge is 0.238 e. The minimum absolute atomic E-state index is 0.0524. The molecule has 1 aliphatic rings. The standard InChI is InChI=1S/C17H17N3OS/c18-11-17(10-14(17)12-5-2-1-3-6-12)20-16(21)15(19)9-13-7-4-8-22-13/h1-8,14-15H,9-10,19H2,(H,20,21)/t14-,15+,17+/m0/s1. The van der Waals surface area contributed by atoms with Gasteiger partial charge in [0.15, 0.2) is 0 Å². The third-order valence-corrected chi connectivity index (χ3v) is 4.95. The van der Waals surface area contributed by atoms with E-state index in [1.165, 1.54) is 0 Å². The van der Waals surface area contributed by atoms with Crippen molar-refractivity contribution in [2.45, 2.75) is 30.3 Å². The summed E-state index contributed by atoms with van der Waals surface area (Å²) in [6.45, 7) is 0. The highest BCUT2D eigenvalue weighted by atomic mass is 32.1. The number of carbonyl (C=O) groups is 1. The number of carbonyl (C=O) groups excluding carboxylic acids is 1. The SMILES string of the molecule is N#C[C@]1(NC(=O)[C@H](N)Cc2cccs2)C[C@H]1c1ccccc1. The van der Waals surface area contributed by atoms with E-state index in [0.717, 1.165) is 10.4 Å². The Balaban J connectivity index is 1.64. The summed E-state index contributed by atoms with van der Waals surface area (Å²) in [6.07, 6.45) is 1.14. The number of nitrogens with zero attached hydrogens (tertiary/aromatic N) is 1. The molecule has 112 valence electrons. The number of nitrogens with one attached hydrogen (secondary N) is 1. The Morgan fingerprint density at radius 2 is 2.18 bits per heavy atom. The van der Waals surface area contributed by atoms with E-state index in [4.69, 9.17) is 5.73 Å². The fraction of sp³-hybridized carbons (Fsp3) is 0.294. The van der Waals surface area contributed by atoms with Crippen molar-refractivity contribution in [3.05, 3.63) is 58.3 Å². The number of nitrogens with two attached hydrogens (primary N) is 1. The Labute approximate surface area is 133 Å². The third kappa shape index (κ3) is 2.89. The number of nitriles is 1. The third-order valence-electron chi connectivity index (χ3n) is 4.05. The van der Waals surface area contributed by atoms with Gasteiger partial charge in [-0.3, -0.25) is 4.79 Å². The molecule has 0 radical (unpaired) electrons. The second-order valence-electron chi connectivity index (χ2n) is 5.63. The molecule has 1 amide bonds. The summed E-state index contributed by atoms with van der Waals surface area (Å²) in [5.74, 6) is -0.204. The first-order chi connectivity index (χ1) is 10.6. The topological polar surface area (TPSA) is 78.9 Å². The zero-order chi connectivity index (χ0) is 15.6. The first-order valence-electron chi connectivity index (χ1n) is 7.21. The van der Waals surface area contributed by atoms with Crippen molar-refractivity contribution in [2.75, 3.05) is 0 Å². The van der Waals surface area contributed by atoms with Crippen LogP contribution in [0.2, 0.25) is 0 Å².